The molecule has 5 nitrogen and oxygen atoms in total. The van der Waals surface area contributed by atoms with Crippen LogP contribution in [0.3, 0.4) is 0 Å². The molecule has 2 N–H and O–H groups in total. The van der Waals surface area contributed by atoms with Crippen molar-refractivity contribution in [3.63, 3.8) is 0 Å². The number of hydrogen-bond donors (Lipinski definition) is 1. The largest absolute Gasteiger partial charge is 0.504 e. The minimum atomic E-state index is -0.486. The first-order chi connectivity index (χ1) is 16.9. The third-order valence-corrected chi connectivity index (χ3v) is 7.32. The highest BCUT2D eigenvalue weighted by Crippen LogP contribution is 2.37. The van der Waals surface area contributed by atoms with Gasteiger partial charge in [0.1, 0.15) is 11.7 Å². The third kappa shape index (κ3) is 5.71. The van der Waals surface area contributed by atoms with Crippen LogP contribution >= 0.6 is 11.6 Å². The standard InChI is InChI=1S/C28H34ClFN4O/c1-19(30)20(2)33-14-16-34(17-15-33)28-23(18-35-3)11-10-21(12-13-26(31)32-28)24-8-4-6-22-7-5-9-25(29)27(22)24/h4-9,18,21,26H,1-2,10-17,31H2,3H3/b23-18-,32-28?. The van der Waals surface area contributed by atoms with Crippen molar-refractivity contribution in [2.75, 3.05) is 33.3 Å². The van der Waals surface area contributed by atoms with Crippen molar-refractivity contribution in [2.45, 2.75) is 37.8 Å². The Morgan fingerprint density at radius 3 is 2.51 bits per heavy atom. The van der Waals surface area contributed by atoms with Crippen molar-refractivity contribution in [3.8, 4) is 0 Å². The molecule has 2 heterocycles. The lowest BCUT2D eigenvalue weighted by Gasteiger charge is -2.38. The fourth-order valence-corrected chi connectivity index (χ4v) is 5.43. The number of fused-ring (bicyclic) bond motifs is 1. The number of halogens is 2. The molecule has 0 bridgehead atoms. The lowest BCUT2D eigenvalue weighted by atomic mass is 9.85. The summed E-state index contributed by atoms with van der Waals surface area (Å²) in [7, 11) is 1.66. The van der Waals surface area contributed by atoms with Crippen LogP contribution in [0.1, 0.15) is 37.2 Å². The minimum absolute atomic E-state index is 0.301. The van der Waals surface area contributed by atoms with E-state index in [1.54, 1.807) is 13.4 Å². The Kier molecular flexibility index (Phi) is 8.14. The van der Waals surface area contributed by atoms with E-state index in [-0.39, 0.29) is 6.17 Å². The molecular formula is C28H34ClFN4O. The number of nitrogens with zero attached hydrogens (tertiary/aromatic N) is 3. The van der Waals surface area contributed by atoms with E-state index in [0.29, 0.717) is 37.8 Å². The van der Waals surface area contributed by atoms with Gasteiger partial charge in [-0.2, -0.15) is 0 Å². The molecule has 1 saturated heterocycles. The van der Waals surface area contributed by atoms with Crippen LogP contribution in [0.15, 0.2) is 77.9 Å². The molecule has 0 radical (unpaired) electrons. The Morgan fingerprint density at radius 2 is 1.83 bits per heavy atom. The Morgan fingerprint density at radius 1 is 1.11 bits per heavy atom. The molecule has 0 spiro atoms. The predicted molar refractivity (Wildman–Crippen MR) is 143 cm³/mol. The lowest BCUT2D eigenvalue weighted by molar-refractivity contribution is 0.219. The molecule has 0 aromatic heterocycles. The van der Waals surface area contributed by atoms with Crippen molar-refractivity contribution in [1.82, 2.24) is 9.80 Å². The summed E-state index contributed by atoms with van der Waals surface area (Å²) < 4.78 is 19.0. The highest BCUT2D eigenvalue weighted by atomic mass is 35.5. The van der Waals surface area contributed by atoms with Crippen LogP contribution < -0.4 is 5.73 Å². The molecule has 4 rings (SSSR count). The van der Waals surface area contributed by atoms with Crippen molar-refractivity contribution >= 4 is 28.2 Å². The summed E-state index contributed by atoms with van der Waals surface area (Å²) in [5, 5.41) is 3.06. The second kappa shape index (κ2) is 11.3. The second-order valence-corrected chi connectivity index (χ2v) is 9.63. The smallest absolute Gasteiger partial charge is 0.138 e. The summed E-state index contributed by atoms with van der Waals surface area (Å²) in [5.41, 5.74) is 9.18. The molecule has 2 aliphatic heterocycles. The normalized spacial score (nSPS) is 22.9. The first-order valence-corrected chi connectivity index (χ1v) is 12.5. The number of allylic oxidation sites excluding steroid dienone is 1. The lowest BCUT2D eigenvalue weighted by Crippen LogP contribution is -2.49. The number of aliphatic imine (C=N–C) groups is 1. The Labute approximate surface area is 212 Å². The molecule has 2 aromatic rings. The number of rotatable bonds is 4. The van der Waals surface area contributed by atoms with Gasteiger partial charge in [-0.25, -0.2) is 9.38 Å². The average Bonchev–Trinajstić information content (AvgIpc) is 2.93. The zero-order valence-electron chi connectivity index (χ0n) is 20.4. The highest BCUT2D eigenvalue weighted by Gasteiger charge is 2.27. The van der Waals surface area contributed by atoms with Crippen molar-refractivity contribution < 1.29 is 9.13 Å². The molecule has 0 aliphatic carbocycles. The molecule has 2 aliphatic rings. The van der Waals surface area contributed by atoms with Gasteiger partial charge in [-0.05, 0) is 48.6 Å². The maximum atomic E-state index is 13.6. The number of hydrogen-bond acceptors (Lipinski definition) is 5. The Bertz CT molecular complexity index is 1150. The first-order valence-electron chi connectivity index (χ1n) is 12.1. The Balaban J connectivity index is 1.58. The number of amidine groups is 1. The third-order valence-electron chi connectivity index (χ3n) is 7.01. The zero-order chi connectivity index (χ0) is 24.9. The topological polar surface area (TPSA) is 54.1 Å². The van der Waals surface area contributed by atoms with Gasteiger partial charge in [0.2, 0.25) is 0 Å². The fourth-order valence-electron chi connectivity index (χ4n) is 5.13. The summed E-state index contributed by atoms with van der Waals surface area (Å²) in [6.45, 7) is 9.88. The SMILES string of the molecule is C=C(F)C(=C)N1CCN(C2=NC(N)CCC(c3cccc4cccc(Cl)c34)CC/C2=C/OC)CC1. The summed E-state index contributed by atoms with van der Waals surface area (Å²) in [6.07, 6.45) is 4.90. The van der Waals surface area contributed by atoms with Crippen molar-refractivity contribution in [1.29, 1.82) is 0 Å². The zero-order valence-corrected chi connectivity index (χ0v) is 21.1. The molecule has 2 atom stereocenters. The van der Waals surface area contributed by atoms with Gasteiger partial charge in [0.15, 0.2) is 0 Å². The van der Waals surface area contributed by atoms with Gasteiger partial charge >= 0.3 is 0 Å². The van der Waals surface area contributed by atoms with E-state index >= 15 is 0 Å². The summed E-state index contributed by atoms with van der Waals surface area (Å²) in [4.78, 5) is 9.10. The first kappa shape index (κ1) is 25.3. The molecule has 0 amide bonds. The van der Waals surface area contributed by atoms with Gasteiger partial charge < -0.3 is 20.3 Å². The van der Waals surface area contributed by atoms with Gasteiger partial charge in [-0.15, -0.1) is 0 Å². The van der Waals surface area contributed by atoms with Crippen LogP contribution in [-0.4, -0.2) is 55.1 Å². The summed E-state index contributed by atoms with van der Waals surface area (Å²) >= 11 is 6.65. The number of nitrogens with two attached hydrogens (primary N) is 1. The van der Waals surface area contributed by atoms with Gasteiger partial charge in [0.25, 0.3) is 0 Å². The predicted octanol–water partition coefficient (Wildman–Crippen LogP) is 5.98. The number of ether oxygens (including phenoxy) is 1. The summed E-state index contributed by atoms with van der Waals surface area (Å²) in [5.74, 6) is 0.690. The summed E-state index contributed by atoms with van der Waals surface area (Å²) in [6, 6.07) is 12.5. The maximum Gasteiger partial charge on any atom is 0.138 e. The van der Waals surface area contributed by atoms with E-state index in [1.165, 1.54) is 5.56 Å². The average molecular weight is 497 g/mol. The molecule has 1 fully saturated rings. The minimum Gasteiger partial charge on any atom is -0.504 e. The van der Waals surface area contributed by atoms with Gasteiger partial charge in [-0.3, -0.25) is 0 Å². The van der Waals surface area contributed by atoms with Crippen LogP contribution in [-0.2, 0) is 4.74 Å². The monoisotopic (exact) mass is 496 g/mol. The molecule has 35 heavy (non-hydrogen) atoms. The molecule has 7 heteroatoms. The van der Waals surface area contributed by atoms with E-state index < -0.39 is 5.83 Å². The van der Waals surface area contributed by atoms with Crippen molar-refractivity contribution in [2.24, 2.45) is 10.7 Å². The molecule has 2 aromatic carbocycles. The second-order valence-electron chi connectivity index (χ2n) is 9.22. The van der Waals surface area contributed by atoms with Crippen LogP contribution in [0.4, 0.5) is 4.39 Å². The highest BCUT2D eigenvalue weighted by molar-refractivity contribution is 6.35. The number of piperazine rings is 1. The van der Waals surface area contributed by atoms with E-state index in [1.807, 2.05) is 17.0 Å². The quantitative estimate of drug-likeness (QED) is 0.418. The van der Waals surface area contributed by atoms with Crippen LogP contribution in [0.5, 0.6) is 0 Å². The van der Waals surface area contributed by atoms with Gasteiger partial charge in [0, 0.05) is 42.2 Å². The number of methoxy groups -OCH3 is 1. The molecule has 186 valence electrons. The van der Waals surface area contributed by atoms with E-state index in [9.17, 15) is 4.39 Å². The number of benzene rings is 2. The van der Waals surface area contributed by atoms with Crippen LogP contribution in [0.25, 0.3) is 10.8 Å². The molecular weight excluding hydrogens is 463 g/mol. The Hall–Kier alpha value is -2.83. The van der Waals surface area contributed by atoms with Gasteiger partial charge in [-0.1, -0.05) is 55.1 Å². The van der Waals surface area contributed by atoms with Crippen molar-refractivity contribution in [3.05, 3.63) is 83.5 Å². The molecule has 2 unspecified atom stereocenters. The van der Waals surface area contributed by atoms with Gasteiger partial charge in [0.05, 0.1) is 25.2 Å². The van der Waals surface area contributed by atoms with E-state index in [4.69, 9.17) is 27.1 Å². The van der Waals surface area contributed by atoms with E-state index in [2.05, 4.69) is 42.3 Å². The maximum absolute atomic E-state index is 13.6. The van der Waals surface area contributed by atoms with Crippen LogP contribution in [0.2, 0.25) is 5.02 Å². The molecule has 0 saturated carbocycles. The van der Waals surface area contributed by atoms with E-state index in [0.717, 1.165) is 52.9 Å². The van der Waals surface area contributed by atoms with Crippen LogP contribution in [0, 0.1) is 0 Å². The fraction of sp³-hybridized carbons (Fsp3) is 0.393.